The van der Waals surface area contributed by atoms with E-state index in [2.05, 4.69) is 9.42 Å². The summed E-state index contributed by atoms with van der Waals surface area (Å²) in [6.07, 6.45) is 5.74. The van der Waals surface area contributed by atoms with E-state index in [1.165, 1.54) is 4.53 Å². The van der Waals surface area contributed by atoms with E-state index in [4.69, 9.17) is 0 Å². The van der Waals surface area contributed by atoms with E-state index in [0.29, 0.717) is 0 Å². The molecule has 0 aliphatic carbocycles. The summed E-state index contributed by atoms with van der Waals surface area (Å²) in [5.41, 5.74) is 1.04. The van der Waals surface area contributed by atoms with Crippen LogP contribution in [0.2, 0.25) is 0 Å². The van der Waals surface area contributed by atoms with Crippen LogP contribution >= 0.6 is 0 Å². The number of nitrogens with zero attached hydrogens (tertiary/aromatic N) is 1. The van der Waals surface area contributed by atoms with Gasteiger partial charge in [0.25, 0.3) is 0 Å². The van der Waals surface area contributed by atoms with Gasteiger partial charge in [0.2, 0.25) is 0 Å². The minimum absolute atomic E-state index is 0.149. The second-order valence-corrected chi connectivity index (χ2v) is 5.02. The van der Waals surface area contributed by atoms with Gasteiger partial charge in [-0.25, -0.2) is 0 Å². The zero-order valence-corrected chi connectivity index (χ0v) is 8.84. The van der Waals surface area contributed by atoms with Gasteiger partial charge in [-0.15, -0.1) is 0 Å². The Balaban J connectivity index is 2.84. The van der Waals surface area contributed by atoms with Gasteiger partial charge in [0.15, 0.2) is 0 Å². The Bertz CT molecular complexity index is 429. The number of hydrogen-bond acceptors (Lipinski definition) is 1. The standard InChI is InChI=1S/C9H8GeNO/c1-11-6-4-8(12)7-3-2-5-10-9(7)11/h2-6H,1H3. The first kappa shape index (κ1) is 7.74. The van der Waals surface area contributed by atoms with Crippen LogP contribution in [0.3, 0.4) is 0 Å². The van der Waals surface area contributed by atoms with Crippen LogP contribution in [-0.2, 0) is 7.05 Å². The minimum atomic E-state index is -0.222. The molecule has 0 unspecified atom stereocenters. The van der Waals surface area contributed by atoms with Crippen molar-refractivity contribution >= 4 is 30.4 Å². The van der Waals surface area contributed by atoms with E-state index < -0.39 is 0 Å². The van der Waals surface area contributed by atoms with Crippen LogP contribution in [0.1, 0.15) is 5.56 Å². The molecule has 1 aromatic rings. The quantitative estimate of drug-likeness (QED) is 0.541. The van der Waals surface area contributed by atoms with Gasteiger partial charge in [0, 0.05) is 0 Å². The molecule has 12 heavy (non-hydrogen) atoms. The van der Waals surface area contributed by atoms with Crippen LogP contribution in [0.4, 0.5) is 0 Å². The summed E-state index contributed by atoms with van der Waals surface area (Å²) >= 11 is -0.222. The Morgan fingerprint density at radius 2 is 2.33 bits per heavy atom. The third-order valence-corrected chi connectivity index (χ3v) is 4.53. The second-order valence-electron chi connectivity index (χ2n) is 2.72. The molecule has 3 heteroatoms. The molecule has 1 aromatic heterocycles. The first-order valence-corrected chi connectivity index (χ1v) is 6.01. The van der Waals surface area contributed by atoms with Gasteiger partial charge in [-0.1, -0.05) is 0 Å². The fraction of sp³-hybridized carbons (Fsp3) is 0.111. The molecule has 0 N–H and O–H groups in total. The molecule has 2 heterocycles. The molecule has 0 aromatic carbocycles. The average molecular weight is 219 g/mol. The zero-order chi connectivity index (χ0) is 8.55. The van der Waals surface area contributed by atoms with Crippen LogP contribution in [0, 0.1) is 0 Å². The summed E-state index contributed by atoms with van der Waals surface area (Å²) in [4.78, 5) is 13.5. The zero-order valence-electron chi connectivity index (χ0n) is 6.74. The molecule has 1 aliphatic rings. The summed E-state index contributed by atoms with van der Waals surface area (Å²) in [6, 6.07) is 1.63. The summed E-state index contributed by atoms with van der Waals surface area (Å²) in [7, 11) is 1.99. The van der Waals surface area contributed by atoms with Crippen molar-refractivity contribution in [2.45, 2.75) is 0 Å². The van der Waals surface area contributed by atoms with E-state index in [1.54, 1.807) is 6.07 Å². The van der Waals surface area contributed by atoms with Gasteiger partial charge < -0.3 is 0 Å². The van der Waals surface area contributed by atoms with Gasteiger partial charge in [-0.05, 0) is 0 Å². The van der Waals surface area contributed by atoms with E-state index in [-0.39, 0.29) is 20.4 Å². The molecule has 0 fully saturated rings. The number of pyridine rings is 1. The van der Waals surface area contributed by atoms with Gasteiger partial charge >= 0.3 is 76.2 Å². The number of allylic oxidation sites excluding steroid dienone is 1. The van der Waals surface area contributed by atoms with E-state index in [0.717, 1.165) is 5.56 Å². The van der Waals surface area contributed by atoms with E-state index >= 15 is 0 Å². The van der Waals surface area contributed by atoms with Gasteiger partial charge in [0.05, 0.1) is 0 Å². The first-order valence-electron chi connectivity index (χ1n) is 3.75. The van der Waals surface area contributed by atoms with Gasteiger partial charge in [0.1, 0.15) is 0 Å². The molecule has 1 aliphatic heterocycles. The third-order valence-electron chi connectivity index (χ3n) is 1.90. The fourth-order valence-electron chi connectivity index (χ4n) is 1.26. The monoisotopic (exact) mass is 220 g/mol. The molecule has 0 atom stereocenters. The predicted molar refractivity (Wildman–Crippen MR) is 52.2 cm³/mol. The Kier molecular flexibility index (Phi) is 1.85. The molecule has 0 bridgehead atoms. The van der Waals surface area contributed by atoms with Crippen molar-refractivity contribution in [1.82, 2.24) is 4.57 Å². The van der Waals surface area contributed by atoms with E-state index in [9.17, 15) is 4.79 Å². The number of rotatable bonds is 0. The number of hydrogen-bond donors (Lipinski definition) is 0. The van der Waals surface area contributed by atoms with Crippen molar-refractivity contribution in [3.63, 3.8) is 0 Å². The summed E-state index contributed by atoms with van der Waals surface area (Å²) in [5, 5.41) is 0. The second kappa shape index (κ2) is 2.86. The summed E-state index contributed by atoms with van der Waals surface area (Å²) in [6.45, 7) is 0. The molecule has 1 radical (unpaired) electrons. The molecule has 0 spiro atoms. The van der Waals surface area contributed by atoms with Crippen molar-refractivity contribution < 1.29 is 0 Å². The molecular formula is C9H8GeNO. The molecule has 0 saturated carbocycles. The van der Waals surface area contributed by atoms with Crippen LogP contribution in [0.5, 0.6) is 0 Å². The number of fused-ring (bicyclic) bond motifs is 1. The van der Waals surface area contributed by atoms with Crippen molar-refractivity contribution in [2.75, 3.05) is 0 Å². The molecule has 2 rings (SSSR count). The molecular weight excluding hydrogens is 211 g/mol. The van der Waals surface area contributed by atoms with Crippen LogP contribution in [0.25, 0.3) is 6.08 Å². The summed E-state index contributed by atoms with van der Waals surface area (Å²) < 4.78 is 3.28. The Labute approximate surface area is 76.5 Å². The van der Waals surface area contributed by atoms with Gasteiger partial charge in [-0.2, -0.15) is 0 Å². The van der Waals surface area contributed by atoms with Crippen molar-refractivity contribution in [3.8, 4) is 0 Å². The molecule has 59 valence electrons. The molecule has 2 nitrogen and oxygen atoms in total. The van der Waals surface area contributed by atoms with Crippen molar-refractivity contribution in [1.29, 1.82) is 0 Å². The van der Waals surface area contributed by atoms with E-state index in [1.807, 2.05) is 25.4 Å². The third kappa shape index (κ3) is 1.12. The average Bonchev–Trinajstić information content (AvgIpc) is 2.12. The fourth-order valence-corrected chi connectivity index (χ4v) is 3.34. The Morgan fingerprint density at radius 1 is 1.50 bits per heavy atom. The van der Waals surface area contributed by atoms with Crippen molar-refractivity contribution in [2.24, 2.45) is 7.05 Å². The van der Waals surface area contributed by atoms with Gasteiger partial charge in [-0.3, -0.25) is 0 Å². The Morgan fingerprint density at radius 3 is 3.08 bits per heavy atom. The summed E-state index contributed by atoms with van der Waals surface area (Å²) in [5.74, 6) is 0. The maximum absolute atomic E-state index is 11.4. The van der Waals surface area contributed by atoms with Crippen LogP contribution < -0.4 is 9.96 Å². The topological polar surface area (TPSA) is 22.0 Å². The maximum atomic E-state index is 11.4. The van der Waals surface area contributed by atoms with Crippen molar-refractivity contribution in [3.05, 3.63) is 34.1 Å². The SMILES string of the molecule is Cn1ccc(=O)c2[c]1[Ge]=[CH]C=C2. The molecule has 0 saturated heterocycles. The molecule has 0 amide bonds. The predicted octanol–water partition coefficient (Wildman–Crippen LogP) is -0.456. The first-order chi connectivity index (χ1) is 5.79. The normalized spacial score (nSPS) is 13.1. The Hall–Kier alpha value is -0.897. The number of aryl methyl sites for hydroxylation is 1. The number of aromatic nitrogens is 1. The van der Waals surface area contributed by atoms with Crippen LogP contribution in [0.15, 0.2) is 23.1 Å². The van der Waals surface area contributed by atoms with Crippen LogP contribution in [-0.4, -0.2) is 24.4 Å².